The van der Waals surface area contributed by atoms with E-state index in [1.165, 1.54) is 36.4 Å². The summed E-state index contributed by atoms with van der Waals surface area (Å²) in [6, 6.07) is 21.2. The van der Waals surface area contributed by atoms with Crippen LogP contribution in [0.1, 0.15) is 31.8 Å². The first-order valence-corrected chi connectivity index (χ1v) is 23.9. The van der Waals surface area contributed by atoms with E-state index in [1.54, 1.807) is 60.7 Å². The Kier molecular flexibility index (Phi) is 20.1. The average Bonchev–Trinajstić information content (AvgIpc) is 3.42. The number of amides is 4. The molecule has 18 atom stereocenters. The Hall–Kier alpha value is -5.70. The minimum Gasteiger partial charge on any atom is -0.394 e. The molecule has 26 nitrogen and oxygen atoms in total. The van der Waals surface area contributed by atoms with Crippen LogP contribution in [0.5, 0.6) is 0 Å². The van der Waals surface area contributed by atoms with Gasteiger partial charge in [-0.05, 0) is 46.2 Å². The first kappa shape index (κ1) is 59.5. The smallest absolute Gasteiger partial charge is 0.251 e. The minimum absolute atomic E-state index is 0.0409. The van der Waals surface area contributed by atoms with Gasteiger partial charge in [0.15, 0.2) is 23.8 Å². The van der Waals surface area contributed by atoms with Gasteiger partial charge in [-0.2, -0.15) is 0 Å². The Balaban J connectivity index is 1.16. The van der Waals surface area contributed by atoms with Crippen LogP contribution in [-0.4, -0.2) is 241 Å². The summed E-state index contributed by atoms with van der Waals surface area (Å²) in [6.45, 7) is -3.42. The fourth-order valence-corrected chi connectivity index (χ4v) is 8.92. The molecule has 0 saturated carbocycles. The number of hydrogen-bond acceptors (Lipinski definition) is 22. The van der Waals surface area contributed by atoms with Crippen molar-refractivity contribution >= 4 is 34.4 Å². The van der Waals surface area contributed by atoms with Gasteiger partial charge in [-0.25, -0.2) is 0 Å². The van der Waals surface area contributed by atoms with E-state index < -0.39 is 172 Å². The molecule has 2 saturated heterocycles. The van der Waals surface area contributed by atoms with Crippen molar-refractivity contribution in [2.24, 2.45) is 0 Å². The Labute approximate surface area is 432 Å². The summed E-state index contributed by atoms with van der Waals surface area (Å²) in [7, 11) is 0. The molecule has 2 heterocycles. The molecule has 6 rings (SSSR count). The molecule has 0 aromatic heterocycles. The van der Waals surface area contributed by atoms with Gasteiger partial charge in [-0.3, -0.25) is 19.2 Å². The maximum absolute atomic E-state index is 13.9. The molecule has 0 spiro atoms. The Bertz CT molecular complexity index is 2410. The second-order valence-electron chi connectivity index (χ2n) is 18.8. The van der Waals surface area contributed by atoms with Crippen molar-refractivity contribution in [1.82, 2.24) is 21.3 Å². The highest BCUT2D eigenvalue weighted by Crippen LogP contribution is 2.34. The van der Waals surface area contributed by atoms with E-state index in [-0.39, 0.29) is 11.1 Å². The van der Waals surface area contributed by atoms with E-state index in [9.17, 15) is 90.7 Å². The van der Waals surface area contributed by atoms with Gasteiger partial charge in [0.2, 0.25) is 0 Å². The molecule has 2 aliphatic rings. The van der Waals surface area contributed by atoms with E-state index in [4.69, 9.17) is 19.7 Å². The van der Waals surface area contributed by atoms with E-state index >= 15 is 0 Å². The number of carbonyl (C=O) groups excluding carboxylic acids is 4. The molecule has 2 fully saturated rings. The minimum atomic E-state index is -2.49. The first-order valence-electron chi connectivity index (χ1n) is 23.9. The third kappa shape index (κ3) is 13.7. The van der Waals surface area contributed by atoms with Crippen LogP contribution in [0.15, 0.2) is 97.1 Å². The van der Waals surface area contributed by atoms with Gasteiger partial charge in [0.25, 0.3) is 23.6 Å². The summed E-state index contributed by atoms with van der Waals surface area (Å²) in [4.78, 5) is 53.2. The number of aliphatic hydroxyl groups excluding tert-OH is 14. The third-order valence-corrected chi connectivity index (χ3v) is 13.4. The molecule has 0 bridgehead atoms. The van der Waals surface area contributed by atoms with Crippen LogP contribution in [0.4, 0.5) is 0 Å². The highest BCUT2D eigenvalue weighted by molar-refractivity contribution is 6.02. The molecular weight excluding hydrogens is 1010 g/mol. The van der Waals surface area contributed by atoms with Gasteiger partial charge < -0.3 is 112 Å². The number of hydrogen-bond donors (Lipinski definition) is 20. The third-order valence-electron chi connectivity index (χ3n) is 13.4. The topological polar surface area (TPSA) is 459 Å². The van der Waals surface area contributed by atoms with E-state index in [2.05, 4.69) is 21.3 Å². The lowest BCUT2D eigenvalue weighted by Crippen LogP contribution is -2.71. The second kappa shape index (κ2) is 25.6. The summed E-state index contributed by atoms with van der Waals surface area (Å²) < 4.78 is 11.8. The molecule has 26 heteroatoms. The Morgan fingerprint density at radius 1 is 0.487 bits per heavy atom. The zero-order valence-corrected chi connectivity index (χ0v) is 40.3. The molecule has 0 radical (unpaired) electrons. The van der Waals surface area contributed by atoms with Gasteiger partial charge >= 0.3 is 0 Å². The van der Waals surface area contributed by atoms with Crippen LogP contribution in [-0.2, 0) is 31.9 Å². The lowest BCUT2D eigenvalue weighted by Gasteiger charge is -2.48. The van der Waals surface area contributed by atoms with Gasteiger partial charge in [-0.1, -0.05) is 72.8 Å². The van der Waals surface area contributed by atoms with Crippen LogP contribution >= 0.6 is 0 Å². The molecule has 20 N–H and O–H groups in total. The van der Waals surface area contributed by atoms with Gasteiger partial charge in [0.1, 0.15) is 85.3 Å². The van der Waals surface area contributed by atoms with Gasteiger partial charge in [0, 0.05) is 37.1 Å². The summed E-state index contributed by atoms with van der Waals surface area (Å²) in [6.07, 6.45) is -29.1. The molecule has 4 aromatic carbocycles. The molecule has 2 aliphatic heterocycles. The standard InChI is InChI=1S/C50H64N4O22/c55-21-29(57)33(59)37(63)41(67)47(71)51-19-31-35(61)39(65)43(49(73,75-31)17-23-7-3-1-4-8-23)53-45(69)27-13-11-26-16-28(14-12-25(26)15-27)46(70)54-44-40(66)36(62)32(76-50(44,74)18-24-9-5-2-6-10-24)20-52-48(72)42(68)38(64)34(60)30(58)22-56/h1-16,29-44,55-68,73-74H,17-22H2,(H,51,71)(H,52,72)(H,53,69)(H,54,70)/t29-,30-,31-,32-,33-,34-,35-,36-,37+,38+,39+,40+,41-,42-,43-,44-,49+,50+/m1/s1. The van der Waals surface area contributed by atoms with Crippen LogP contribution in [0.2, 0.25) is 0 Å². The fraction of sp³-hybridized carbons (Fsp3) is 0.480. The SMILES string of the molecule is O=C(N[C@@H]1[C@@H](O)[C@H](O)[C@@H](CNC(=O)[C@H](O)[C@@H](O)[C@H](O)[C@H](O)CO)O[C@@]1(O)Cc1ccccc1)c1ccc2cc(C(=O)N[C@@H]3[C@@H](O)[C@H](O)[C@@H](CNC(=O)[C@H](O)[C@@H](O)[C@H](O)[C@H](O)CO)O[C@@]3(O)Cc3ccccc3)ccc2c1. The zero-order chi connectivity index (χ0) is 55.8. The van der Waals surface area contributed by atoms with E-state index in [0.717, 1.165) is 0 Å². The summed E-state index contributed by atoms with van der Waals surface area (Å²) in [5.41, 5.74) is 0.808. The second-order valence-corrected chi connectivity index (χ2v) is 18.8. The highest BCUT2D eigenvalue weighted by Gasteiger charge is 2.56. The van der Waals surface area contributed by atoms with E-state index in [0.29, 0.717) is 21.9 Å². The number of ether oxygens (including phenoxy) is 2. The van der Waals surface area contributed by atoms with Crippen LogP contribution in [0, 0.1) is 0 Å². The number of benzene rings is 4. The van der Waals surface area contributed by atoms with Gasteiger partial charge in [0.05, 0.1) is 13.2 Å². The molecule has 416 valence electrons. The normalized spacial score (nSPS) is 28.9. The average molecular weight is 1070 g/mol. The maximum Gasteiger partial charge on any atom is 0.251 e. The first-order chi connectivity index (χ1) is 35.9. The summed E-state index contributed by atoms with van der Waals surface area (Å²) >= 11 is 0. The quantitative estimate of drug-likeness (QED) is 0.0348. The van der Waals surface area contributed by atoms with Crippen molar-refractivity contribution < 1.29 is 110 Å². The number of carbonyl (C=O) groups is 4. The molecule has 0 unspecified atom stereocenters. The van der Waals surface area contributed by atoms with Crippen molar-refractivity contribution in [3.63, 3.8) is 0 Å². The summed E-state index contributed by atoms with van der Waals surface area (Å²) in [5.74, 6) is -9.40. The molecule has 0 aliphatic carbocycles. The predicted octanol–water partition coefficient (Wildman–Crippen LogP) is -7.76. The number of nitrogens with one attached hydrogen (secondary N) is 4. The zero-order valence-electron chi connectivity index (χ0n) is 40.3. The summed E-state index contributed by atoms with van der Waals surface area (Å²) in [5, 5.41) is 177. The van der Waals surface area contributed by atoms with Crippen LogP contribution in [0.3, 0.4) is 0 Å². The molecule has 4 amide bonds. The van der Waals surface area contributed by atoms with Crippen molar-refractivity contribution in [2.45, 2.75) is 122 Å². The number of aliphatic hydroxyl groups is 16. The number of fused-ring (bicyclic) bond motifs is 1. The van der Waals surface area contributed by atoms with Crippen molar-refractivity contribution in [3.05, 3.63) is 119 Å². The van der Waals surface area contributed by atoms with Crippen molar-refractivity contribution in [1.29, 1.82) is 0 Å². The highest BCUT2D eigenvalue weighted by atomic mass is 16.7. The molecule has 76 heavy (non-hydrogen) atoms. The lowest BCUT2D eigenvalue weighted by atomic mass is 9.86. The molecule has 4 aromatic rings. The predicted molar refractivity (Wildman–Crippen MR) is 259 cm³/mol. The van der Waals surface area contributed by atoms with Crippen LogP contribution < -0.4 is 21.3 Å². The van der Waals surface area contributed by atoms with Gasteiger partial charge in [-0.15, -0.1) is 0 Å². The largest absolute Gasteiger partial charge is 0.394 e. The van der Waals surface area contributed by atoms with Crippen molar-refractivity contribution in [2.75, 3.05) is 26.3 Å². The monoisotopic (exact) mass is 1070 g/mol. The van der Waals surface area contributed by atoms with Crippen molar-refractivity contribution in [3.8, 4) is 0 Å². The lowest BCUT2D eigenvalue weighted by molar-refractivity contribution is -0.311. The number of rotatable bonds is 22. The van der Waals surface area contributed by atoms with E-state index in [1.807, 2.05) is 0 Å². The Morgan fingerprint density at radius 2 is 0.829 bits per heavy atom. The molecular formula is C50H64N4O22. The maximum atomic E-state index is 13.9. The Morgan fingerprint density at radius 3 is 1.16 bits per heavy atom. The van der Waals surface area contributed by atoms with Crippen LogP contribution in [0.25, 0.3) is 10.8 Å². The fourth-order valence-electron chi connectivity index (χ4n) is 8.92.